The van der Waals surface area contributed by atoms with Crippen molar-refractivity contribution in [3.63, 3.8) is 0 Å². The van der Waals surface area contributed by atoms with E-state index in [4.69, 9.17) is 5.26 Å². The third-order valence-corrected chi connectivity index (χ3v) is 3.55. The Morgan fingerprint density at radius 2 is 1.70 bits per heavy atom. The van der Waals surface area contributed by atoms with E-state index >= 15 is 0 Å². The molecule has 2 aromatic carbocycles. The summed E-state index contributed by atoms with van der Waals surface area (Å²) in [5.74, 6) is -0.814. The second kappa shape index (κ2) is 6.16. The van der Waals surface area contributed by atoms with E-state index in [1.54, 1.807) is 30.5 Å². The van der Waals surface area contributed by atoms with Crippen LogP contribution in [0.5, 0.6) is 0 Å². The van der Waals surface area contributed by atoms with E-state index in [0.29, 0.717) is 23.1 Å². The van der Waals surface area contributed by atoms with Gasteiger partial charge in [0.2, 0.25) is 0 Å². The van der Waals surface area contributed by atoms with E-state index in [0.717, 1.165) is 11.3 Å². The summed E-state index contributed by atoms with van der Waals surface area (Å²) >= 11 is 0. The molecule has 0 aromatic heterocycles. The molecule has 1 aliphatic heterocycles. The zero-order chi connectivity index (χ0) is 16.2. The molecule has 0 fully saturated rings. The van der Waals surface area contributed by atoms with Crippen molar-refractivity contribution >= 4 is 23.1 Å². The summed E-state index contributed by atoms with van der Waals surface area (Å²) < 4.78 is 0. The monoisotopic (exact) mass is 303 g/mol. The topological polar surface area (TPSA) is 82.0 Å². The number of hydrogen-bond acceptors (Lipinski definition) is 4. The average molecular weight is 303 g/mol. The first-order chi connectivity index (χ1) is 11.2. The van der Waals surface area contributed by atoms with Gasteiger partial charge in [-0.2, -0.15) is 5.26 Å². The smallest absolute Gasteiger partial charge is 0.260 e. The molecule has 0 atom stereocenters. The van der Waals surface area contributed by atoms with Crippen molar-refractivity contribution in [2.75, 3.05) is 5.32 Å². The number of nitriles is 1. The van der Waals surface area contributed by atoms with Crippen LogP contribution in [0.2, 0.25) is 0 Å². The summed E-state index contributed by atoms with van der Waals surface area (Å²) in [5.41, 5.74) is 3.21. The van der Waals surface area contributed by atoms with Crippen LogP contribution in [-0.2, 0) is 11.2 Å². The Morgan fingerprint density at radius 3 is 2.39 bits per heavy atom. The van der Waals surface area contributed by atoms with Gasteiger partial charge in [-0.3, -0.25) is 14.9 Å². The highest BCUT2D eigenvalue weighted by Gasteiger charge is 2.26. The lowest BCUT2D eigenvalue weighted by atomic mass is 9.96. The van der Waals surface area contributed by atoms with Gasteiger partial charge in [-0.15, -0.1) is 0 Å². The molecule has 0 saturated heterocycles. The van der Waals surface area contributed by atoms with Crippen LogP contribution in [0.25, 0.3) is 5.57 Å². The molecule has 0 bridgehead atoms. The van der Waals surface area contributed by atoms with E-state index < -0.39 is 5.91 Å². The Bertz CT molecular complexity index is 845. The molecule has 1 heterocycles. The number of carbonyl (C=O) groups is 2. The molecule has 3 rings (SSSR count). The highest BCUT2D eigenvalue weighted by molar-refractivity contribution is 6.31. The Hall–Kier alpha value is -3.39. The maximum Gasteiger partial charge on any atom is 0.260 e. The normalized spacial score (nSPS) is 14.8. The predicted molar refractivity (Wildman–Crippen MR) is 86.3 cm³/mol. The highest BCUT2D eigenvalue weighted by Crippen LogP contribution is 2.24. The highest BCUT2D eigenvalue weighted by atomic mass is 16.2. The third kappa shape index (κ3) is 2.97. The molecule has 5 heteroatoms. The van der Waals surface area contributed by atoms with Gasteiger partial charge in [0.15, 0.2) is 0 Å². The SMILES string of the molecule is N#CCc1ccc(N/C=C2\C(=O)NC(=O)c3ccccc32)cc1. The van der Waals surface area contributed by atoms with Crippen LogP contribution in [-0.4, -0.2) is 11.8 Å². The predicted octanol–water partition coefficient (Wildman–Crippen LogP) is 2.48. The lowest BCUT2D eigenvalue weighted by molar-refractivity contribution is -0.114. The van der Waals surface area contributed by atoms with Crippen LogP contribution in [0.1, 0.15) is 21.5 Å². The molecule has 2 N–H and O–H groups in total. The number of rotatable bonds is 3. The van der Waals surface area contributed by atoms with E-state index in [1.807, 2.05) is 24.3 Å². The van der Waals surface area contributed by atoms with Gasteiger partial charge in [0.25, 0.3) is 11.8 Å². The number of nitrogens with one attached hydrogen (secondary N) is 2. The number of imide groups is 1. The summed E-state index contributed by atoms with van der Waals surface area (Å²) in [6, 6.07) is 16.4. The average Bonchev–Trinajstić information content (AvgIpc) is 2.56. The van der Waals surface area contributed by atoms with Crippen LogP contribution >= 0.6 is 0 Å². The molecule has 0 unspecified atom stereocenters. The second-order valence-corrected chi connectivity index (χ2v) is 5.06. The Kier molecular flexibility index (Phi) is 3.89. The Balaban J connectivity index is 1.87. The zero-order valence-corrected chi connectivity index (χ0v) is 12.2. The van der Waals surface area contributed by atoms with Crippen LogP contribution in [0.4, 0.5) is 5.69 Å². The summed E-state index contributed by atoms with van der Waals surface area (Å²) in [7, 11) is 0. The zero-order valence-electron chi connectivity index (χ0n) is 12.2. The minimum absolute atomic E-state index is 0.360. The van der Waals surface area contributed by atoms with Gasteiger partial charge in [0.1, 0.15) is 0 Å². The standard InChI is InChI=1S/C18H13N3O2/c19-10-9-12-5-7-13(8-6-12)20-11-16-14-3-1-2-4-15(14)17(22)21-18(16)23/h1-8,11,20H,9H2,(H,21,22,23)/b16-11-. The lowest BCUT2D eigenvalue weighted by Gasteiger charge is -2.18. The fourth-order valence-corrected chi connectivity index (χ4v) is 2.38. The minimum Gasteiger partial charge on any atom is -0.361 e. The van der Waals surface area contributed by atoms with Crippen molar-refractivity contribution in [3.8, 4) is 6.07 Å². The number of fused-ring (bicyclic) bond motifs is 1. The van der Waals surface area contributed by atoms with E-state index in [1.165, 1.54) is 0 Å². The van der Waals surface area contributed by atoms with Gasteiger partial charge in [-0.1, -0.05) is 30.3 Å². The minimum atomic E-state index is -0.428. The summed E-state index contributed by atoms with van der Waals surface area (Å²) in [6.45, 7) is 0. The third-order valence-electron chi connectivity index (χ3n) is 3.55. The molecule has 112 valence electrons. The van der Waals surface area contributed by atoms with Gasteiger partial charge in [0.05, 0.1) is 18.1 Å². The van der Waals surface area contributed by atoms with Crippen molar-refractivity contribution in [2.24, 2.45) is 0 Å². The van der Waals surface area contributed by atoms with Gasteiger partial charge < -0.3 is 5.32 Å². The van der Waals surface area contributed by atoms with Gasteiger partial charge in [-0.05, 0) is 23.8 Å². The lowest BCUT2D eigenvalue weighted by Crippen LogP contribution is -2.36. The largest absolute Gasteiger partial charge is 0.361 e. The molecule has 1 aliphatic rings. The molecule has 23 heavy (non-hydrogen) atoms. The fraction of sp³-hybridized carbons (Fsp3) is 0.0556. The van der Waals surface area contributed by atoms with Crippen molar-refractivity contribution in [2.45, 2.75) is 6.42 Å². The number of carbonyl (C=O) groups excluding carboxylic acids is 2. The maximum absolute atomic E-state index is 12.1. The first kappa shape index (κ1) is 14.5. The van der Waals surface area contributed by atoms with Crippen LogP contribution < -0.4 is 10.6 Å². The number of benzene rings is 2. The number of nitrogens with zero attached hydrogens (tertiary/aromatic N) is 1. The van der Waals surface area contributed by atoms with Crippen LogP contribution in [0.15, 0.2) is 54.7 Å². The van der Waals surface area contributed by atoms with E-state index in [2.05, 4.69) is 16.7 Å². The Labute approximate surface area is 133 Å². The second-order valence-electron chi connectivity index (χ2n) is 5.06. The van der Waals surface area contributed by atoms with Crippen LogP contribution in [0, 0.1) is 11.3 Å². The summed E-state index contributed by atoms with van der Waals surface area (Å²) in [5, 5.41) is 14.0. The van der Waals surface area contributed by atoms with Crippen molar-refractivity contribution in [1.82, 2.24) is 5.32 Å². The van der Waals surface area contributed by atoms with Gasteiger partial charge in [-0.25, -0.2) is 0 Å². The molecular formula is C18H13N3O2. The first-order valence-corrected chi connectivity index (χ1v) is 7.07. The quantitative estimate of drug-likeness (QED) is 0.674. The molecule has 5 nitrogen and oxygen atoms in total. The van der Waals surface area contributed by atoms with Crippen molar-refractivity contribution < 1.29 is 9.59 Å². The molecule has 2 aromatic rings. The van der Waals surface area contributed by atoms with Gasteiger partial charge in [0, 0.05) is 23.0 Å². The number of amides is 2. The Morgan fingerprint density at radius 1 is 1.00 bits per heavy atom. The molecular weight excluding hydrogens is 290 g/mol. The molecule has 2 amide bonds. The molecule has 0 spiro atoms. The molecule has 0 aliphatic carbocycles. The van der Waals surface area contributed by atoms with Crippen molar-refractivity contribution in [3.05, 3.63) is 71.4 Å². The van der Waals surface area contributed by atoms with Gasteiger partial charge >= 0.3 is 0 Å². The fourth-order valence-electron chi connectivity index (χ4n) is 2.38. The van der Waals surface area contributed by atoms with E-state index in [9.17, 15) is 9.59 Å². The molecule has 0 saturated carbocycles. The summed E-state index contributed by atoms with van der Waals surface area (Å²) in [4.78, 5) is 23.9. The summed E-state index contributed by atoms with van der Waals surface area (Å²) in [6.07, 6.45) is 1.94. The van der Waals surface area contributed by atoms with Crippen molar-refractivity contribution in [1.29, 1.82) is 5.26 Å². The number of anilines is 1. The van der Waals surface area contributed by atoms with E-state index in [-0.39, 0.29) is 5.91 Å². The number of hydrogen-bond donors (Lipinski definition) is 2. The maximum atomic E-state index is 12.1. The molecule has 0 radical (unpaired) electrons. The first-order valence-electron chi connectivity index (χ1n) is 7.07. The van der Waals surface area contributed by atoms with Crippen LogP contribution in [0.3, 0.4) is 0 Å².